The van der Waals surface area contributed by atoms with Crippen molar-refractivity contribution in [3.05, 3.63) is 87.6 Å². The maximum Gasteiger partial charge on any atom is 0.270 e. The second kappa shape index (κ2) is 12.1. The van der Waals surface area contributed by atoms with Gasteiger partial charge in [-0.2, -0.15) is 0 Å². The lowest BCUT2D eigenvalue weighted by molar-refractivity contribution is -0.147. The summed E-state index contributed by atoms with van der Waals surface area (Å²) in [5.74, 6) is -7.46. The summed E-state index contributed by atoms with van der Waals surface area (Å²) in [6, 6.07) is 14.0. The number of amides is 3. The number of nitrogens with one attached hydrogen (secondary N) is 2. The number of hydrogen-bond donors (Lipinski definition) is 4. The predicted molar refractivity (Wildman–Crippen MR) is 146 cm³/mol. The standard InChI is InChI=1S/C29H31F2N3O5S/c1-17-21(11-6-12-23(17)35)26(37)33-22(14-19-8-4-3-5-9-19)25(36)28(39)34-16-29(30,31)18(2)24(34)27(38)32-15-20-10-7-13-40-20/h3-13,18,22,24-25,35-36H,14-16H2,1-2H3,(H,32,38)(H,33,37)/t18?,22-,24-,25-/m0/s1. The molecule has 0 radical (unpaired) electrons. The molecule has 0 saturated carbocycles. The molecule has 0 bridgehead atoms. The number of nitrogens with zero attached hydrogens (tertiary/aromatic N) is 1. The zero-order valence-corrected chi connectivity index (χ0v) is 22.8. The molecule has 4 rings (SSSR count). The van der Waals surface area contributed by atoms with Crippen molar-refractivity contribution < 1.29 is 33.4 Å². The predicted octanol–water partition coefficient (Wildman–Crippen LogP) is 3.26. The van der Waals surface area contributed by atoms with Crippen molar-refractivity contribution in [3.63, 3.8) is 0 Å². The first-order chi connectivity index (χ1) is 19.0. The molecule has 1 aliphatic rings. The normalized spacial score (nSPS) is 19.6. The molecule has 2 heterocycles. The van der Waals surface area contributed by atoms with Gasteiger partial charge in [-0.3, -0.25) is 14.4 Å². The molecule has 40 heavy (non-hydrogen) atoms. The number of carbonyl (C=O) groups is 3. The van der Waals surface area contributed by atoms with E-state index in [0.717, 1.165) is 4.88 Å². The molecule has 1 fully saturated rings. The number of phenolic OH excluding ortho intramolecular Hbond substituents is 1. The van der Waals surface area contributed by atoms with Gasteiger partial charge < -0.3 is 25.7 Å². The Labute approximate surface area is 234 Å². The van der Waals surface area contributed by atoms with Crippen molar-refractivity contribution >= 4 is 29.1 Å². The molecule has 1 aliphatic heterocycles. The molecule has 4 N–H and O–H groups in total. The second-order valence-electron chi connectivity index (χ2n) is 9.92. The molecule has 0 spiro atoms. The minimum Gasteiger partial charge on any atom is -0.508 e. The lowest BCUT2D eigenvalue weighted by Crippen LogP contribution is -2.56. The minimum atomic E-state index is -3.36. The average molecular weight is 572 g/mol. The van der Waals surface area contributed by atoms with Crippen LogP contribution in [-0.4, -0.2) is 63.5 Å². The first-order valence-corrected chi connectivity index (χ1v) is 13.7. The highest BCUT2D eigenvalue weighted by Gasteiger charge is 2.57. The quantitative estimate of drug-likeness (QED) is 0.315. The van der Waals surface area contributed by atoms with Gasteiger partial charge in [-0.05, 0) is 42.5 Å². The van der Waals surface area contributed by atoms with Crippen LogP contribution in [0.15, 0.2) is 66.0 Å². The molecule has 3 aromatic rings. The SMILES string of the molecule is Cc1c(O)cccc1C(=O)N[C@@H](Cc1ccccc1)[C@H](O)C(=O)N1CC(F)(F)C(C)[C@H]1C(=O)NCc1cccs1. The summed E-state index contributed by atoms with van der Waals surface area (Å²) in [7, 11) is 0. The highest BCUT2D eigenvalue weighted by Crippen LogP contribution is 2.38. The van der Waals surface area contributed by atoms with Gasteiger partial charge in [-0.1, -0.05) is 49.4 Å². The average Bonchev–Trinajstić information content (AvgIpc) is 3.54. The van der Waals surface area contributed by atoms with Crippen LogP contribution >= 0.6 is 11.3 Å². The summed E-state index contributed by atoms with van der Waals surface area (Å²) in [5.41, 5.74) is 1.11. The molecule has 1 saturated heterocycles. The maximum atomic E-state index is 14.9. The molecule has 4 atom stereocenters. The van der Waals surface area contributed by atoms with Crippen molar-refractivity contribution in [2.75, 3.05) is 6.54 Å². The lowest BCUT2D eigenvalue weighted by atomic mass is 9.97. The number of halogens is 2. The van der Waals surface area contributed by atoms with E-state index in [1.807, 2.05) is 5.38 Å². The molecule has 8 nitrogen and oxygen atoms in total. The fraction of sp³-hybridized carbons (Fsp3) is 0.345. The van der Waals surface area contributed by atoms with Crippen LogP contribution in [0, 0.1) is 12.8 Å². The van der Waals surface area contributed by atoms with Crippen molar-refractivity contribution in [2.45, 2.75) is 50.9 Å². The van der Waals surface area contributed by atoms with E-state index in [9.17, 15) is 33.4 Å². The number of likely N-dealkylation sites (tertiary alicyclic amines) is 1. The van der Waals surface area contributed by atoms with Gasteiger partial charge in [-0.25, -0.2) is 8.78 Å². The fourth-order valence-corrected chi connectivity index (χ4v) is 5.46. The van der Waals surface area contributed by atoms with Crippen LogP contribution < -0.4 is 10.6 Å². The van der Waals surface area contributed by atoms with Gasteiger partial charge in [0.2, 0.25) is 5.91 Å². The van der Waals surface area contributed by atoms with Gasteiger partial charge in [0.1, 0.15) is 11.8 Å². The molecule has 1 unspecified atom stereocenters. The third-order valence-corrected chi connectivity index (χ3v) is 8.10. The minimum absolute atomic E-state index is 0.00633. The Morgan fingerprint density at radius 2 is 1.82 bits per heavy atom. The molecule has 2 aromatic carbocycles. The smallest absolute Gasteiger partial charge is 0.270 e. The number of alkyl halides is 2. The maximum absolute atomic E-state index is 14.9. The van der Waals surface area contributed by atoms with Gasteiger partial charge in [0, 0.05) is 16.0 Å². The van der Waals surface area contributed by atoms with E-state index in [1.165, 1.54) is 36.5 Å². The largest absolute Gasteiger partial charge is 0.508 e. The number of hydrogen-bond acceptors (Lipinski definition) is 6. The molecule has 0 aliphatic carbocycles. The van der Waals surface area contributed by atoms with Crippen molar-refractivity contribution in [3.8, 4) is 5.75 Å². The first-order valence-electron chi connectivity index (χ1n) is 12.8. The number of aromatic hydroxyl groups is 1. The Morgan fingerprint density at radius 3 is 2.50 bits per heavy atom. The van der Waals surface area contributed by atoms with Crippen LogP contribution in [0.5, 0.6) is 5.75 Å². The highest BCUT2D eigenvalue weighted by atomic mass is 32.1. The Bertz CT molecular complexity index is 1350. The monoisotopic (exact) mass is 571 g/mol. The van der Waals surface area contributed by atoms with Crippen LogP contribution in [0.25, 0.3) is 0 Å². The van der Waals surface area contributed by atoms with Crippen LogP contribution in [0.2, 0.25) is 0 Å². The second-order valence-corrected chi connectivity index (χ2v) is 11.0. The molecular weight excluding hydrogens is 540 g/mol. The number of aliphatic hydroxyl groups excluding tert-OH is 1. The highest BCUT2D eigenvalue weighted by molar-refractivity contribution is 7.09. The van der Waals surface area contributed by atoms with E-state index in [-0.39, 0.29) is 24.3 Å². The summed E-state index contributed by atoms with van der Waals surface area (Å²) in [6.07, 6.45) is -1.93. The molecule has 11 heteroatoms. The number of thiophene rings is 1. The van der Waals surface area contributed by atoms with Crippen LogP contribution in [-0.2, 0) is 22.6 Å². The van der Waals surface area contributed by atoms with E-state index in [1.54, 1.807) is 49.4 Å². The Kier molecular flexibility index (Phi) is 8.85. The number of benzene rings is 2. The zero-order chi connectivity index (χ0) is 29.0. The number of aliphatic hydroxyl groups is 1. The summed E-state index contributed by atoms with van der Waals surface area (Å²) >= 11 is 1.39. The van der Waals surface area contributed by atoms with E-state index in [2.05, 4.69) is 10.6 Å². The Hall–Kier alpha value is -3.83. The summed E-state index contributed by atoms with van der Waals surface area (Å²) < 4.78 is 29.7. The van der Waals surface area contributed by atoms with Crippen LogP contribution in [0.4, 0.5) is 8.78 Å². The fourth-order valence-electron chi connectivity index (χ4n) is 4.81. The summed E-state index contributed by atoms with van der Waals surface area (Å²) in [4.78, 5) is 41.3. The zero-order valence-electron chi connectivity index (χ0n) is 22.0. The van der Waals surface area contributed by atoms with E-state index >= 15 is 0 Å². The molecule has 3 amide bonds. The third kappa shape index (κ3) is 6.31. The van der Waals surface area contributed by atoms with Gasteiger partial charge in [0.25, 0.3) is 17.7 Å². The first kappa shape index (κ1) is 29.2. The van der Waals surface area contributed by atoms with E-state index in [4.69, 9.17) is 0 Å². The summed E-state index contributed by atoms with van der Waals surface area (Å²) in [5, 5.41) is 28.3. The molecule has 1 aromatic heterocycles. The van der Waals surface area contributed by atoms with Crippen molar-refractivity contribution in [1.82, 2.24) is 15.5 Å². The Morgan fingerprint density at radius 1 is 1.10 bits per heavy atom. The third-order valence-electron chi connectivity index (χ3n) is 7.22. The van der Waals surface area contributed by atoms with E-state index in [0.29, 0.717) is 16.0 Å². The van der Waals surface area contributed by atoms with Crippen molar-refractivity contribution in [2.24, 2.45) is 5.92 Å². The van der Waals surface area contributed by atoms with Crippen LogP contribution in [0.3, 0.4) is 0 Å². The van der Waals surface area contributed by atoms with Gasteiger partial charge in [-0.15, -0.1) is 11.3 Å². The van der Waals surface area contributed by atoms with Crippen LogP contribution in [0.1, 0.15) is 33.3 Å². The van der Waals surface area contributed by atoms with Gasteiger partial charge in [0.05, 0.1) is 25.0 Å². The van der Waals surface area contributed by atoms with E-state index < -0.39 is 54.3 Å². The molecular formula is C29H31F2N3O5S. The Balaban J connectivity index is 1.58. The number of rotatable bonds is 9. The van der Waals surface area contributed by atoms with Crippen molar-refractivity contribution in [1.29, 1.82) is 0 Å². The topological polar surface area (TPSA) is 119 Å². The summed E-state index contributed by atoms with van der Waals surface area (Å²) in [6.45, 7) is 1.82. The van der Waals surface area contributed by atoms with Gasteiger partial charge >= 0.3 is 0 Å². The van der Waals surface area contributed by atoms with Gasteiger partial charge in [0.15, 0.2) is 6.10 Å². The number of phenols is 1. The number of carbonyl (C=O) groups excluding carboxylic acids is 3. The molecule has 212 valence electrons. The lowest BCUT2D eigenvalue weighted by Gasteiger charge is -2.30.